The van der Waals surface area contributed by atoms with Gasteiger partial charge in [0.15, 0.2) is 0 Å². The molecule has 1 saturated heterocycles. The van der Waals surface area contributed by atoms with Crippen LogP contribution in [0, 0.1) is 17.8 Å². The normalized spacial score (nSPS) is 17.4. The number of likely N-dealkylation sites (tertiary alicyclic amines) is 1. The van der Waals surface area contributed by atoms with Crippen LogP contribution in [0.25, 0.3) is 0 Å². The van der Waals surface area contributed by atoms with Gasteiger partial charge < -0.3 is 47.4 Å². The summed E-state index contributed by atoms with van der Waals surface area (Å²) in [6, 6.07) is -5.19. The number of rotatable bonds is 31. The largest absolute Gasteiger partial charge is 0.394 e. The minimum atomic E-state index is -1.37. The molecule has 0 spiro atoms. The van der Waals surface area contributed by atoms with Gasteiger partial charge in [0.05, 0.1) is 18.8 Å². The maximum Gasteiger partial charge on any atom is 0.248 e. The molecule has 0 aromatic heterocycles. The molecule has 352 valence electrons. The quantitative estimate of drug-likeness (QED) is 0.0475. The first-order valence-electron chi connectivity index (χ1n) is 23.0. The molecule has 1 fully saturated rings. The third-order valence-corrected chi connectivity index (χ3v) is 11.1. The Balaban J connectivity index is 2.99. The number of nitrogens with zero attached hydrogens (tertiary/aromatic N) is 1. The lowest BCUT2D eigenvalue weighted by Gasteiger charge is -2.34. The van der Waals surface area contributed by atoms with Gasteiger partial charge in [-0.15, -0.1) is 0 Å². The van der Waals surface area contributed by atoms with Crippen molar-refractivity contribution in [1.82, 2.24) is 31.5 Å². The van der Waals surface area contributed by atoms with E-state index in [2.05, 4.69) is 33.5 Å². The fourth-order valence-corrected chi connectivity index (χ4v) is 7.69. The lowest BCUT2D eigenvalue weighted by atomic mass is 9.98. The average molecular weight is 866 g/mol. The monoisotopic (exact) mass is 866 g/mol. The zero-order valence-electron chi connectivity index (χ0n) is 38.9. The maximum atomic E-state index is 13.9. The number of amides is 7. The van der Waals surface area contributed by atoms with Crippen LogP contribution in [0.15, 0.2) is 0 Å². The Hall–Kier alpha value is -3.79. The Morgan fingerprint density at radius 3 is 1.75 bits per heavy atom. The molecule has 1 rings (SSSR count). The summed E-state index contributed by atoms with van der Waals surface area (Å²) in [5, 5.41) is 34.1. The van der Waals surface area contributed by atoms with Gasteiger partial charge >= 0.3 is 0 Å². The summed E-state index contributed by atoms with van der Waals surface area (Å²) in [6.07, 6.45) is 12.2. The highest BCUT2D eigenvalue weighted by Crippen LogP contribution is 2.23. The summed E-state index contributed by atoms with van der Waals surface area (Å²) in [5.74, 6) is -4.53. The predicted octanol–water partition coefficient (Wildman–Crippen LogP) is 3.49. The SMILES string of the molecule is CCCCCCCCCCCCCC(=O)NC(C)(C)C(=O)N1C[C@H](O)C[C@H]1C(=O)N[C@H](CC(C)C)C(=O)N[C@H](C(=O)N[C@@H](CCC(N)=O)C(=O)N[C@H](CO)CC(C)C)C(C)C. The van der Waals surface area contributed by atoms with Gasteiger partial charge in [0.2, 0.25) is 41.4 Å². The van der Waals surface area contributed by atoms with Crippen molar-refractivity contribution in [3.05, 3.63) is 0 Å². The first-order chi connectivity index (χ1) is 28.6. The van der Waals surface area contributed by atoms with Crippen molar-refractivity contribution in [3.63, 3.8) is 0 Å². The second kappa shape index (κ2) is 28.7. The molecule has 16 nitrogen and oxygen atoms in total. The highest BCUT2D eigenvalue weighted by atomic mass is 16.3. The standard InChI is InChI=1S/C45H83N7O9/c1-10-11-12-13-14-15-16-17-18-19-20-21-38(56)51-45(8,9)44(61)52-27-33(54)26-36(52)42(59)49-35(25-30(4)5)41(58)50-39(31(6)7)43(60)48-34(22-23-37(46)55)40(57)47-32(28-53)24-29(2)3/h29-36,39,53-54H,10-28H2,1-9H3,(H2,46,55)(H,47,57)(H,48,60)(H,49,59)(H,50,58)(H,51,56)/t32-,33+,34-,35+,36-,39-/m0/s1. The second-order valence-corrected chi connectivity index (χ2v) is 18.8. The van der Waals surface area contributed by atoms with Crippen LogP contribution < -0.4 is 32.3 Å². The highest BCUT2D eigenvalue weighted by molar-refractivity contribution is 5.97. The minimum absolute atomic E-state index is 0.0730. The van der Waals surface area contributed by atoms with Gasteiger partial charge in [-0.2, -0.15) is 0 Å². The first kappa shape index (κ1) is 55.2. The number of carbonyl (C=O) groups is 7. The van der Waals surface area contributed by atoms with Gasteiger partial charge in [0, 0.05) is 25.8 Å². The number of aliphatic hydroxyl groups is 2. The van der Waals surface area contributed by atoms with E-state index < -0.39 is 83.2 Å². The summed E-state index contributed by atoms with van der Waals surface area (Å²) >= 11 is 0. The molecular weight excluding hydrogens is 783 g/mol. The Morgan fingerprint density at radius 1 is 0.705 bits per heavy atom. The number of β-amino-alcohol motifs (C(OH)–C–C–N with tert-alkyl or cyclic N) is 1. The van der Waals surface area contributed by atoms with E-state index in [0.29, 0.717) is 12.8 Å². The lowest BCUT2D eigenvalue weighted by Crippen LogP contribution is -2.61. The van der Waals surface area contributed by atoms with E-state index in [1.54, 1.807) is 27.7 Å². The fourth-order valence-electron chi connectivity index (χ4n) is 7.69. The number of primary amides is 1. The molecule has 0 aliphatic carbocycles. The maximum absolute atomic E-state index is 13.9. The minimum Gasteiger partial charge on any atom is -0.394 e. The van der Waals surface area contributed by atoms with E-state index in [9.17, 15) is 43.8 Å². The van der Waals surface area contributed by atoms with Crippen LogP contribution >= 0.6 is 0 Å². The van der Waals surface area contributed by atoms with Crippen molar-refractivity contribution in [2.75, 3.05) is 13.2 Å². The van der Waals surface area contributed by atoms with Gasteiger partial charge in [-0.1, -0.05) is 113 Å². The molecule has 1 aliphatic rings. The number of nitrogens with two attached hydrogens (primary N) is 1. The van der Waals surface area contributed by atoms with Crippen molar-refractivity contribution in [2.24, 2.45) is 23.5 Å². The highest BCUT2D eigenvalue weighted by Gasteiger charge is 2.45. The molecule has 9 N–H and O–H groups in total. The van der Waals surface area contributed by atoms with Gasteiger partial charge in [-0.05, 0) is 57.3 Å². The van der Waals surface area contributed by atoms with Crippen LogP contribution in [0.1, 0.15) is 171 Å². The molecule has 0 bridgehead atoms. The van der Waals surface area contributed by atoms with Crippen LogP contribution in [-0.4, -0.2) is 111 Å². The third kappa shape index (κ3) is 21.7. The van der Waals surface area contributed by atoms with Gasteiger partial charge in [0.25, 0.3) is 0 Å². The Kier molecular flexibility index (Phi) is 26.0. The van der Waals surface area contributed by atoms with Crippen LogP contribution in [0.4, 0.5) is 0 Å². The summed E-state index contributed by atoms with van der Waals surface area (Å²) in [5.41, 5.74) is 3.98. The van der Waals surface area contributed by atoms with Crippen LogP contribution in [0.2, 0.25) is 0 Å². The third-order valence-electron chi connectivity index (χ3n) is 11.1. The van der Waals surface area contributed by atoms with Gasteiger partial charge in [-0.3, -0.25) is 33.6 Å². The number of hydrogen-bond donors (Lipinski definition) is 8. The smallest absolute Gasteiger partial charge is 0.248 e. The molecule has 16 heteroatoms. The molecule has 0 aromatic rings. The van der Waals surface area contributed by atoms with E-state index in [4.69, 9.17) is 5.73 Å². The van der Waals surface area contributed by atoms with E-state index in [1.807, 2.05) is 27.7 Å². The fraction of sp³-hybridized carbons (Fsp3) is 0.844. The lowest BCUT2D eigenvalue weighted by molar-refractivity contribution is -0.145. The molecule has 0 aromatic carbocycles. The molecule has 0 saturated carbocycles. The Bertz CT molecular complexity index is 1390. The summed E-state index contributed by atoms with van der Waals surface area (Å²) in [7, 11) is 0. The van der Waals surface area contributed by atoms with Crippen molar-refractivity contribution in [3.8, 4) is 0 Å². The average Bonchev–Trinajstić information content (AvgIpc) is 3.56. The van der Waals surface area contributed by atoms with Crippen molar-refractivity contribution >= 4 is 41.4 Å². The van der Waals surface area contributed by atoms with Crippen LogP contribution in [0.5, 0.6) is 0 Å². The summed E-state index contributed by atoms with van der Waals surface area (Å²) in [4.78, 5) is 94.5. The number of hydrogen-bond acceptors (Lipinski definition) is 9. The van der Waals surface area contributed by atoms with Crippen LogP contribution in [0.3, 0.4) is 0 Å². The molecule has 0 unspecified atom stereocenters. The molecular formula is C45H83N7O9. The first-order valence-corrected chi connectivity index (χ1v) is 23.0. The van der Waals surface area contributed by atoms with Crippen LogP contribution in [-0.2, 0) is 33.6 Å². The van der Waals surface area contributed by atoms with E-state index in [1.165, 1.54) is 49.8 Å². The topological polar surface area (TPSA) is 249 Å². The van der Waals surface area contributed by atoms with Crippen molar-refractivity contribution in [2.45, 2.75) is 213 Å². The number of carbonyl (C=O) groups excluding carboxylic acids is 7. The molecule has 6 atom stereocenters. The molecule has 1 heterocycles. The van der Waals surface area contributed by atoms with E-state index in [0.717, 1.165) is 19.3 Å². The summed E-state index contributed by atoms with van der Waals surface area (Å²) < 4.78 is 0. The van der Waals surface area contributed by atoms with Crippen molar-refractivity contribution < 1.29 is 43.8 Å². The summed E-state index contributed by atoms with van der Waals surface area (Å²) in [6.45, 7) is 15.9. The van der Waals surface area contributed by atoms with Gasteiger partial charge in [0.1, 0.15) is 29.7 Å². The Labute approximate surface area is 365 Å². The number of aliphatic hydroxyl groups excluding tert-OH is 2. The second-order valence-electron chi connectivity index (χ2n) is 18.8. The zero-order chi connectivity index (χ0) is 46.3. The predicted molar refractivity (Wildman–Crippen MR) is 236 cm³/mol. The van der Waals surface area contributed by atoms with Crippen molar-refractivity contribution in [1.29, 1.82) is 0 Å². The van der Waals surface area contributed by atoms with E-state index >= 15 is 0 Å². The van der Waals surface area contributed by atoms with Gasteiger partial charge in [-0.25, -0.2) is 0 Å². The Morgan fingerprint density at radius 2 is 1.25 bits per heavy atom. The zero-order valence-corrected chi connectivity index (χ0v) is 38.9. The number of unbranched alkanes of at least 4 members (excludes halogenated alkanes) is 10. The molecule has 7 amide bonds. The molecule has 1 aliphatic heterocycles. The molecule has 0 radical (unpaired) electrons. The molecule has 61 heavy (non-hydrogen) atoms. The number of nitrogens with one attached hydrogen (secondary N) is 5. The van der Waals surface area contributed by atoms with E-state index in [-0.39, 0.29) is 63.0 Å².